The van der Waals surface area contributed by atoms with E-state index in [1.807, 2.05) is 0 Å². The quantitative estimate of drug-likeness (QED) is 0.803. The number of esters is 1. The number of urea groups is 1. The van der Waals surface area contributed by atoms with Crippen LogP contribution in [0.2, 0.25) is 0 Å². The lowest BCUT2D eigenvalue weighted by atomic mass is 10.2. The third-order valence-corrected chi connectivity index (χ3v) is 4.88. The van der Waals surface area contributed by atoms with Crippen LogP contribution in [0, 0.1) is 0 Å². The molecule has 2 N–H and O–H groups in total. The molecule has 1 aliphatic rings. The summed E-state index contributed by atoms with van der Waals surface area (Å²) in [6, 6.07) is 5.41. The van der Waals surface area contributed by atoms with E-state index in [1.54, 1.807) is 18.2 Å². The Hall–Kier alpha value is -2.09. The second kappa shape index (κ2) is 6.13. The van der Waals surface area contributed by atoms with Gasteiger partial charge in [0.1, 0.15) is 0 Å². The van der Waals surface area contributed by atoms with Crippen LogP contribution in [0.3, 0.4) is 0 Å². The second-order valence-corrected chi connectivity index (χ2v) is 7.00. The van der Waals surface area contributed by atoms with Crippen LogP contribution >= 0.6 is 0 Å². The van der Waals surface area contributed by atoms with Gasteiger partial charge >= 0.3 is 12.0 Å². The van der Waals surface area contributed by atoms with Gasteiger partial charge in [0.15, 0.2) is 9.84 Å². The fourth-order valence-corrected chi connectivity index (χ4v) is 3.78. The normalized spacial score (nSPS) is 19.8. The van der Waals surface area contributed by atoms with Crippen molar-refractivity contribution >= 4 is 27.5 Å². The van der Waals surface area contributed by atoms with E-state index in [0.29, 0.717) is 17.7 Å². The summed E-state index contributed by atoms with van der Waals surface area (Å²) >= 11 is 0. The van der Waals surface area contributed by atoms with Gasteiger partial charge in [0, 0.05) is 11.7 Å². The van der Waals surface area contributed by atoms with Gasteiger partial charge in [-0.1, -0.05) is 6.07 Å². The van der Waals surface area contributed by atoms with Gasteiger partial charge in [-0.15, -0.1) is 0 Å². The molecule has 1 aromatic rings. The molecule has 21 heavy (non-hydrogen) atoms. The summed E-state index contributed by atoms with van der Waals surface area (Å²) in [5.74, 6) is -0.445. The van der Waals surface area contributed by atoms with Gasteiger partial charge in [-0.2, -0.15) is 0 Å². The molecular weight excluding hydrogens is 296 g/mol. The van der Waals surface area contributed by atoms with Crippen molar-refractivity contribution in [2.45, 2.75) is 12.5 Å². The third-order valence-electron chi connectivity index (χ3n) is 3.11. The molecule has 0 spiro atoms. The summed E-state index contributed by atoms with van der Waals surface area (Å²) in [5, 5.41) is 5.16. The molecule has 0 aliphatic carbocycles. The van der Waals surface area contributed by atoms with Crippen molar-refractivity contribution in [3.8, 4) is 0 Å². The monoisotopic (exact) mass is 312 g/mol. The molecule has 1 aliphatic heterocycles. The molecule has 0 bridgehead atoms. The molecular formula is C13H16N2O5S. The highest BCUT2D eigenvalue weighted by molar-refractivity contribution is 7.91. The number of hydrogen-bond acceptors (Lipinski definition) is 5. The number of rotatable bonds is 3. The minimum atomic E-state index is -3.04. The molecule has 0 saturated carbocycles. The van der Waals surface area contributed by atoms with Crippen LogP contribution in [-0.4, -0.2) is 45.1 Å². The fraction of sp³-hybridized carbons (Fsp3) is 0.385. The van der Waals surface area contributed by atoms with Crippen molar-refractivity contribution < 1.29 is 22.7 Å². The minimum absolute atomic E-state index is 0.0391. The Kier molecular flexibility index (Phi) is 4.46. The van der Waals surface area contributed by atoms with E-state index in [2.05, 4.69) is 15.4 Å². The van der Waals surface area contributed by atoms with Crippen LogP contribution in [0.25, 0.3) is 0 Å². The lowest BCUT2D eigenvalue weighted by Gasteiger charge is -2.12. The minimum Gasteiger partial charge on any atom is -0.465 e. The Balaban J connectivity index is 1.95. The Labute approximate surface area is 122 Å². The van der Waals surface area contributed by atoms with Crippen molar-refractivity contribution in [2.75, 3.05) is 23.9 Å². The number of ether oxygens (including phenoxy) is 1. The number of carbonyl (C=O) groups is 2. The molecule has 1 fully saturated rings. The zero-order chi connectivity index (χ0) is 15.5. The first-order valence-electron chi connectivity index (χ1n) is 6.36. The molecule has 2 amide bonds. The highest BCUT2D eigenvalue weighted by atomic mass is 32.2. The van der Waals surface area contributed by atoms with Crippen molar-refractivity contribution in [2.24, 2.45) is 0 Å². The molecule has 7 nitrogen and oxygen atoms in total. The van der Waals surface area contributed by atoms with Gasteiger partial charge in [0.05, 0.1) is 24.2 Å². The number of methoxy groups -OCH3 is 1. The predicted octanol–water partition coefficient (Wildman–Crippen LogP) is 0.782. The van der Waals surface area contributed by atoms with Crippen LogP contribution in [-0.2, 0) is 14.6 Å². The number of sulfone groups is 1. The number of hydrogen-bond donors (Lipinski definition) is 2. The summed E-state index contributed by atoms with van der Waals surface area (Å²) in [6.07, 6.45) is 0.415. The first kappa shape index (κ1) is 15.3. The van der Waals surface area contributed by atoms with Crippen LogP contribution in [0.5, 0.6) is 0 Å². The van der Waals surface area contributed by atoms with Gasteiger partial charge in [-0.25, -0.2) is 18.0 Å². The summed E-state index contributed by atoms with van der Waals surface area (Å²) in [6.45, 7) is 0. The topological polar surface area (TPSA) is 102 Å². The molecule has 114 valence electrons. The smallest absolute Gasteiger partial charge is 0.337 e. The van der Waals surface area contributed by atoms with E-state index in [1.165, 1.54) is 13.2 Å². The molecule has 1 aromatic carbocycles. The van der Waals surface area contributed by atoms with Gasteiger partial charge in [-0.05, 0) is 24.6 Å². The average Bonchev–Trinajstić information content (AvgIpc) is 2.77. The number of carbonyl (C=O) groups excluding carboxylic acids is 2. The Bertz CT molecular complexity index is 656. The van der Waals surface area contributed by atoms with E-state index in [4.69, 9.17) is 0 Å². The summed E-state index contributed by atoms with van der Waals surface area (Å²) in [4.78, 5) is 23.2. The predicted molar refractivity (Wildman–Crippen MR) is 77.0 cm³/mol. The van der Waals surface area contributed by atoms with Crippen molar-refractivity contribution in [1.82, 2.24) is 5.32 Å². The number of amides is 2. The number of benzene rings is 1. The molecule has 8 heteroatoms. The first-order chi connectivity index (χ1) is 9.89. The second-order valence-electron chi connectivity index (χ2n) is 4.77. The maximum absolute atomic E-state index is 11.8. The Morgan fingerprint density at radius 1 is 1.33 bits per heavy atom. The van der Waals surface area contributed by atoms with Crippen LogP contribution in [0.4, 0.5) is 10.5 Å². The maximum atomic E-state index is 11.8. The zero-order valence-electron chi connectivity index (χ0n) is 11.5. The highest BCUT2D eigenvalue weighted by Crippen LogP contribution is 2.13. The van der Waals surface area contributed by atoms with Crippen LogP contribution in [0.1, 0.15) is 16.8 Å². The van der Waals surface area contributed by atoms with E-state index >= 15 is 0 Å². The molecule has 1 unspecified atom stereocenters. The van der Waals surface area contributed by atoms with Crippen molar-refractivity contribution in [3.05, 3.63) is 29.8 Å². The first-order valence-corrected chi connectivity index (χ1v) is 8.18. The van der Waals surface area contributed by atoms with Gasteiger partial charge in [0.25, 0.3) is 0 Å². The number of anilines is 1. The van der Waals surface area contributed by atoms with Gasteiger partial charge < -0.3 is 15.4 Å². The fourth-order valence-electron chi connectivity index (χ4n) is 2.10. The zero-order valence-corrected chi connectivity index (χ0v) is 12.3. The van der Waals surface area contributed by atoms with Crippen LogP contribution in [0.15, 0.2) is 24.3 Å². The van der Waals surface area contributed by atoms with Gasteiger partial charge in [-0.3, -0.25) is 0 Å². The van der Waals surface area contributed by atoms with E-state index in [0.717, 1.165) is 0 Å². The van der Waals surface area contributed by atoms with Crippen molar-refractivity contribution in [1.29, 1.82) is 0 Å². The van der Waals surface area contributed by atoms with Crippen LogP contribution < -0.4 is 10.6 Å². The van der Waals surface area contributed by atoms with E-state index in [9.17, 15) is 18.0 Å². The molecule has 0 aromatic heterocycles. The average molecular weight is 312 g/mol. The summed E-state index contributed by atoms with van der Waals surface area (Å²) in [5.41, 5.74) is 0.745. The largest absolute Gasteiger partial charge is 0.465 e. The molecule has 2 rings (SSSR count). The summed E-state index contributed by atoms with van der Waals surface area (Å²) < 4.78 is 27.2. The molecule has 1 saturated heterocycles. The Morgan fingerprint density at radius 2 is 2.10 bits per heavy atom. The van der Waals surface area contributed by atoms with Gasteiger partial charge in [0.2, 0.25) is 0 Å². The molecule has 1 heterocycles. The molecule has 0 radical (unpaired) electrons. The SMILES string of the molecule is COC(=O)c1cccc(NC(=O)NC2CCS(=O)(=O)C2)c1. The van der Waals surface area contributed by atoms with E-state index in [-0.39, 0.29) is 17.5 Å². The highest BCUT2D eigenvalue weighted by Gasteiger charge is 2.28. The van der Waals surface area contributed by atoms with Crippen molar-refractivity contribution in [3.63, 3.8) is 0 Å². The third kappa shape index (κ3) is 4.19. The lowest BCUT2D eigenvalue weighted by Crippen LogP contribution is -2.38. The lowest BCUT2D eigenvalue weighted by molar-refractivity contribution is 0.0600. The Morgan fingerprint density at radius 3 is 2.71 bits per heavy atom. The molecule has 1 atom stereocenters. The summed E-state index contributed by atoms with van der Waals surface area (Å²) in [7, 11) is -1.77. The standard InChI is InChI=1S/C13H16N2O5S/c1-20-12(16)9-3-2-4-10(7-9)14-13(17)15-11-5-6-21(18,19)8-11/h2-4,7,11H,5-6,8H2,1H3,(H2,14,15,17). The maximum Gasteiger partial charge on any atom is 0.337 e. The number of nitrogens with one attached hydrogen (secondary N) is 2. The van der Waals surface area contributed by atoms with E-state index < -0.39 is 21.8 Å².